The van der Waals surface area contributed by atoms with Crippen molar-refractivity contribution in [3.05, 3.63) is 42.5 Å². The van der Waals surface area contributed by atoms with E-state index in [4.69, 9.17) is 5.11 Å². The number of hydrogen-bond acceptors (Lipinski definition) is 3. The van der Waals surface area contributed by atoms with Crippen molar-refractivity contribution in [2.75, 3.05) is 6.54 Å². The maximum Gasteiger partial charge on any atom is 0.320 e. The largest absolute Gasteiger partial charge is 0.480 e. The summed E-state index contributed by atoms with van der Waals surface area (Å²) in [5.74, 6) is -0.749. The number of carboxylic acids is 1. The molecule has 1 fully saturated rings. The Morgan fingerprint density at radius 2 is 2.00 bits per heavy atom. The van der Waals surface area contributed by atoms with Gasteiger partial charge in [0.1, 0.15) is 6.04 Å². The first kappa shape index (κ1) is 12.5. The topological polar surface area (TPSA) is 49.3 Å². The molecule has 3 nitrogen and oxygen atoms in total. The van der Waals surface area contributed by atoms with Gasteiger partial charge in [-0.25, -0.2) is 0 Å². The van der Waals surface area contributed by atoms with Crippen LogP contribution in [-0.2, 0) is 4.79 Å². The Balaban J connectivity index is 1.73. The third-order valence-electron chi connectivity index (χ3n) is 3.41. The molecule has 0 bridgehead atoms. The molecule has 1 heterocycles. The first-order chi connectivity index (χ1) is 9.22. The van der Waals surface area contributed by atoms with Gasteiger partial charge in [-0.3, -0.25) is 4.79 Å². The van der Waals surface area contributed by atoms with Crippen molar-refractivity contribution >= 4 is 28.5 Å². The van der Waals surface area contributed by atoms with E-state index in [9.17, 15) is 4.79 Å². The fraction of sp³-hybridized carbons (Fsp3) is 0.267. The van der Waals surface area contributed by atoms with Gasteiger partial charge in [-0.05, 0) is 29.3 Å². The Morgan fingerprint density at radius 3 is 2.74 bits per heavy atom. The average Bonchev–Trinajstić information content (AvgIpc) is 2.87. The number of carbonyl (C=O) groups is 1. The van der Waals surface area contributed by atoms with Crippen molar-refractivity contribution in [1.29, 1.82) is 0 Å². The summed E-state index contributed by atoms with van der Waals surface area (Å²) in [7, 11) is 0. The molecule has 0 spiro atoms. The van der Waals surface area contributed by atoms with Gasteiger partial charge in [0.15, 0.2) is 0 Å². The van der Waals surface area contributed by atoms with E-state index in [1.807, 2.05) is 12.1 Å². The molecule has 0 amide bonds. The Labute approximate surface area is 116 Å². The molecule has 0 aromatic heterocycles. The van der Waals surface area contributed by atoms with Gasteiger partial charge in [0.2, 0.25) is 0 Å². The second-order valence-electron chi connectivity index (χ2n) is 4.78. The molecular formula is C15H15NO2S. The lowest BCUT2D eigenvalue weighted by molar-refractivity contribution is -0.139. The number of fused-ring (bicyclic) bond motifs is 1. The molecule has 1 aliphatic heterocycles. The Kier molecular flexibility index (Phi) is 3.44. The number of benzene rings is 2. The third kappa shape index (κ3) is 2.74. The fourth-order valence-corrected chi connectivity index (χ4v) is 3.61. The molecule has 19 heavy (non-hydrogen) atoms. The highest BCUT2D eigenvalue weighted by Gasteiger charge is 2.29. The van der Waals surface area contributed by atoms with Crippen LogP contribution >= 0.6 is 11.8 Å². The predicted octanol–water partition coefficient (Wildman–Crippen LogP) is 2.75. The summed E-state index contributed by atoms with van der Waals surface area (Å²) in [6.07, 6.45) is 0.687. The number of carboxylic acid groups (broad SMARTS) is 1. The zero-order valence-corrected chi connectivity index (χ0v) is 11.2. The molecule has 0 saturated carbocycles. The summed E-state index contributed by atoms with van der Waals surface area (Å²) in [5, 5.41) is 14.8. The normalized spacial score (nSPS) is 22.7. The first-order valence-corrected chi connectivity index (χ1v) is 7.22. The van der Waals surface area contributed by atoms with Gasteiger partial charge in [-0.1, -0.05) is 30.3 Å². The first-order valence-electron chi connectivity index (χ1n) is 6.34. The van der Waals surface area contributed by atoms with Crippen LogP contribution in [0.25, 0.3) is 10.8 Å². The highest BCUT2D eigenvalue weighted by molar-refractivity contribution is 8.00. The van der Waals surface area contributed by atoms with Crippen LogP contribution < -0.4 is 5.32 Å². The zero-order valence-electron chi connectivity index (χ0n) is 10.4. The minimum absolute atomic E-state index is 0.335. The van der Waals surface area contributed by atoms with Crippen LogP contribution in [0.5, 0.6) is 0 Å². The molecule has 3 rings (SSSR count). The van der Waals surface area contributed by atoms with E-state index >= 15 is 0 Å². The van der Waals surface area contributed by atoms with Crippen molar-refractivity contribution in [2.24, 2.45) is 0 Å². The number of thioether (sulfide) groups is 1. The molecule has 2 atom stereocenters. The molecule has 1 aliphatic rings. The summed E-state index contributed by atoms with van der Waals surface area (Å²) < 4.78 is 0. The maximum absolute atomic E-state index is 10.9. The van der Waals surface area contributed by atoms with Crippen molar-refractivity contribution in [1.82, 2.24) is 5.32 Å². The quantitative estimate of drug-likeness (QED) is 0.903. The molecule has 0 unspecified atom stereocenters. The summed E-state index contributed by atoms with van der Waals surface area (Å²) >= 11 is 1.76. The maximum atomic E-state index is 10.9. The van der Waals surface area contributed by atoms with Crippen LogP contribution in [0.15, 0.2) is 47.4 Å². The fourth-order valence-electron chi connectivity index (χ4n) is 2.41. The Hall–Kier alpha value is -1.52. The van der Waals surface area contributed by atoms with Gasteiger partial charge in [0.25, 0.3) is 0 Å². The van der Waals surface area contributed by atoms with Crippen LogP contribution in [-0.4, -0.2) is 28.9 Å². The molecule has 2 aromatic carbocycles. The number of hydrogen-bond donors (Lipinski definition) is 2. The second kappa shape index (κ2) is 5.23. The lowest BCUT2D eigenvalue weighted by Crippen LogP contribution is -2.29. The molecule has 1 saturated heterocycles. The zero-order chi connectivity index (χ0) is 13.2. The molecule has 2 aromatic rings. The Morgan fingerprint density at radius 1 is 1.21 bits per heavy atom. The molecule has 0 aliphatic carbocycles. The van der Waals surface area contributed by atoms with Gasteiger partial charge in [0, 0.05) is 16.7 Å². The molecule has 0 radical (unpaired) electrons. The van der Waals surface area contributed by atoms with Crippen LogP contribution in [0.1, 0.15) is 6.42 Å². The van der Waals surface area contributed by atoms with E-state index in [0.29, 0.717) is 11.7 Å². The van der Waals surface area contributed by atoms with E-state index in [1.165, 1.54) is 15.7 Å². The summed E-state index contributed by atoms with van der Waals surface area (Å²) in [6, 6.07) is 14.3. The van der Waals surface area contributed by atoms with Crippen molar-refractivity contribution in [3.8, 4) is 0 Å². The van der Waals surface area contributed by atoms with Gasteiger partial charge >= 0.3 is 5.97 Å². The minimum Gasteiger partial charge on any atom is -0.480 e. The number of nitrogens with one attached hydrogen (secondary N) is 1. The van der Waals surface area contributed by atoms with E-state index < -0.39 is 12.0 Å². The van der Waals surface area contributed by atoms with Crippen molar-refractivity contribution < 1.29 is 9.90 Å². The highest BCUT2D eigenvalue weighted by Crippen LogP contribution is 2.31. The van der Waals surface area contributed by atoms with Crippen LogP contribution in [0.4, 0.5) is 0 Å². The predicted molar refractivity (Wildman–Crippen MR) is 77.6 cm³/mol. The lowest BCUT2D eigenvalue weighted by atomic mass is 10.1. The second-order valence-corrected chi connectivity index (χ2v) is 6.16. The van der Waals surface area contributed by atoms with Crippen LogP contribution in [0.2, 0.25) is 0 Å². The molecular weight excluding hydrogens is 258 g/mol. The van der Waals surface area contributed by atoms with Gasteiger partial charge in [-0.2, -0.15) is 0 Å². The van der Waals surface area contributed by atoms with E-state index in [-0.39, 0.29) is 0 Å². The van der Waals surface area contributed by atoms with Gasteiger partial charge in [-0.15, -0.1) is 11.8 Å². The number of aliphatic carboxylic acids is 1. The Bertz CT molecular complexity index is 614. The summed E-state index contributed by atoms with van der Waals surface area (Å²) in [6.45, 7) is 0.758. The standard InChI is InChI=1S/C15H15NO2S/c17-15(18)14-8-13(9-16-14)19-12-6-5-10-3-1-2-4-11(10)7-12/h1-7,13-14,16H,8-9H2,(H,17,18)/t13-,14-/m0/s1. The minimum atomic E-state index is -0.749. The van der Waals surface area contributed by atoms with Crippen molar-refractivity contribution in [2.45, 2.75) is 22.6 Å². The van der Waals surface area contributed by atoms with E-state index in [1.54, 1.807) is 11.8 Å². The van der Waals surface area contributed by atoms with E-state index in [2.05, 4.69) is 35.6 Å². The monoisotopic (exact) mass is 273 g/mol. The van der Waals surface area contributed by atoms with Crippen molar-refractivity contribution in [3.63, 3.8) is 0 Å². The number of rotatable bonds is 3. The molecule has 2 N–H and O–H groups in total. The average molecular weight is 273 g/mol. The summed E-state index contributed by atoms with van der Waals surface area (Å²) in [5.41, 5.74) is 0. The van der Waals surface area contributed by atoms with Crippen LogP contribution in [0, 0.1) is 0 Å². The lowest BCUT2D eigenvalue weighted by Gasteiger charge is -2.09. The summed E-state index contributed by atoms with van der Waals surface area (Å²) in [4.78, 5) is 12.1. The van der Waals surface area contributed by atoms with Gasteiger partial charge in [0.05, 0.1) is 0 Å². The molecule has 4 heteroatoms. The third-order valence-corrected chi connectivity index (χ3v) is 4.63. The smallest absolute Gasteiger partial charge is 0.320 e. The van der Waals surface area contributed by atoms with E-state index in [0.717, 1.165) is 6.54 Å². The SMILES string of the molecule is O=C(O)[C@@H]1C[C@H](Sc2ccc3ccccc3c2)CN1. The van der Waals surface area contributed by atoms with Crippen LogP contribution in [0.3, 0.4) is 0 Å². The molecule has 98 valence electrons. The van der Waals surface area contributed by atoms with Gasteiger partial charge < -0.3 is 10.4 Å². The highest BCUT2D eigenvalue weighted by atomic mass is 32.2.